The quantitative estimate of drug-likeness (QED) is 0.137. The predicted molar refractivity (Wildman–Crippen MR) is 303 cm³/mol. The van der Waals surface area contributed by atoms with E-state index in [0.29, 0.717) is 17.5 Å². The van der Waals surface area contributed by atoms with Crippen molar-refractivity contribution in [3.8, 4) is 107 Å². The Morgan fingerprint density at radius 1 is 0.205 bits per heavy atom. The van der Waals surface area contributed by atoms with E-state index in [9.17, 15) is 0 Å². The van der Waals surface area contributed by atoms with Crippen LogP contribution in [0.15, 0.2) is 279 Å². The van der Waals surface area contributed by atoms with Gasteiger partial charge in [0.25, 0.3) is 0 Å². The number of rotatable bonds is 10. The van der Waals surface area contributed by atoms with Crippen molar-refractivity contribution in [1.29, 1.82) is 0 Å². The Balaban J connectivity index is 1.13. The second kappa shape index (κ2) is 18.9. The van der Waals surface area contributed by atoms with Gasteiger partial charge in [-0.15, -0.1) is 0 Å². The molecule has 0 saturated carbocycles. The van der Waals surface area contributed by atoms with Gasteiger partial charge in [0.2, 0.25) is 0 Å². The molecule has 2 heterocycles. The highest BCUT2D eigenvalue weighted by Gasteiger charge is 2.24. The summed E-state index contributed by atoms with van der Waals surface area (Å²) < 4.78 is 2.50. The highest BCUT2D eigenvalue weighted by molar-refractivity contribution is 6.13. The minimum Gasteiger partial charge on any atom is -0.308 e. The van der Waals surface area contributed by atoms with Gasteiger partial charge >= 0.3 is 0 Å². The molecule has 4 nitrogen and oxygen atoms in total. The van der Waals surface area contributed by atoms with E-state index < -0.39 is 0 Å². The Labute approximate surface area is 424 Å². The summed E-state index contributed by atoms with van der Waals surface area (Å²) >= 11 is 0. The lowest BCUT2D eigenvalue weighted by Crippen LogP contribution is -2.04. The van der Waals surface area contributed by atoms with Crippen molar-refractivity contribution in [2.75, 3.05) is 0 Å². The fourth-order valence-electron chi connectivity index (χ4n) is 10.2. The summed E-state index contributed by atoms with van der Waals surface area (Å²) in [6.07, 6.45) is 0. The number of nitrogens with zero attached hydrogens (tertiary/aromatic N) is 4. The van der Waals surface area contributed by atoms with Gasteiger partial charge in [0, 0.05) is 38.6 Å². The molecule has 0 aliphatic carbocycles. The van der Waals surface area contributed by atoms with Crippen LogP contribution in [0.25, 0.3) is 128 Å². The summed E-state index contributed by atoms with van der Waals surface area (Å²) in [4.78, 5) is 15.7. The third-order valence-electron chi connectivity index (χ3n) is 13.9. The molecule has 0 aliphatic rings. The Morgan fingerprint density at radius 3 is 0.808 bits per heavy atom. The highest BCUT2D eigenvalue weighted by atomic mass is 15.0. The summed E-state index contributed by atoms with van der Waals surface area (Å²) in [5.74, 6) is 1.81. The van der Waals surface area contributed by atoms with Gasteiger partial charge in [-0.05, 0) is 92.0 Å². The number of aromatic nitrogens is 4. The van der Waals surface area contributed by atoms with Crippen LogP contribution in [0.1, 0.15) is 0 Å². The second-order valence-electron chi connectivity index (χ2n) is 18.4. The fraction of sp³-hybridized carbons (Fsp3) is 0. The van der Waals surface area contributed by atoms with Gasteiger partial charge in [0.05, 0.1) is 16.7 Å². The van der Waals surface area contributed by atoms with Crippen molar-refractivity contribution in [3.63, 3.8) is 0 Å². The highest BCUT2D eigenvalue weighted by Crippen LogP contribution is 2.46. The van der Waals surface area contributed by atoms with Crippen LogP contribution in [0.2, 0.25) is 0 Å². The molecular formula is C69H46N4. The zero-order valence-electron chi connectivity index (χ0n) is 39.8. The summed E-state index contributed by atoms with van der Waals surface area (Å²) in [6.45, 7) is 0. The van der Waals surface area contributed by atoms with Crippen molar-refractivity contribution in [2.45, 2.75) is 0 Å². The second-order valence-corrected chi connectivity index (χ2v) is 18.4. The molecule has 73 heavy (non-hydrogen) atoms. The Hall–Kier alpha value is -9.77. The smallest absolute Gasteiger partial charge is 0.164 e. The molecule has 13 aromatic rings. The molecule has 0 radical (unpaired) electrons. The van der Waals surface area contributed by atoms with E-state index in [0.717, 1.165) is 66.8 Å². The minimum absolute atomic E-state index is 0.589. The van der Waals surface area contributed by atoms with E-state index in [1.165, 1.54) is 44.2 Å². The molecular weight excluding hydrogens is 885 g/mol. The van der Waals surface area contributed by atoms with Crippen LogP contribution in [-0.4, -0.2) is 19.5 Å². The molecule has 11 aromatic carbocycles. The predicted octanol–water partition coefficient (Wildman–Crippen LogP) is 18.0. The fourth-order valence-corrected chi connectivity index (χ4v) is 10.2. The average molecular weight is 931 g/mol. The minimum atomic E-state index is 0.589. The van der Waals surface area contributed by atoms with Crippen molar-refractivity contribution in [1.82, 2.24) is 19.5 Å². The van der Waals surface area contributed by atoms with Crippen LogP contribution in [0.5, 0.6) is 0 Å². The number of hydrogen-bond acceptors (Lipinski definition) is 3. The van der Waals surface area contributed by atoms with Gasteiger partial charge in [0.15, 0.2) is 17.5 Å². The van der Waals surface area contributed by atoms with Gasteiger partial charge in [-0.2, -0.15) is 0 Å². The Kier molecular flexibility index (Phi) is 11.2. The number of hydrogen-bond donors (Lipinski definition) is 0. The lowest BCUT2D eigenvalue weighted by atomic mass is 9.91. The average Bonchev–Trinajstić information content (AvgIpc) is 3.81. The van der Waals surface area contributed by atoms with Crippen LogP contribution in [0.4, 0.5) is 0 Å². The number of benzene rings is 11. The summed E-state index contributed by atoms with van der Waals surface area (Å²) in [7, 11) is 0. The van der Waals surface area contributed by atoms with Gasteiger partial charge in [-0.25, -0.2) is 15.0 Å². The first kappa shape index (κ1) is 43.3. The lowest BCUT2D eigenvalue weighted by molar-refractivity contribution is 1.07. The molecule has 4 heteroatoms. The normalized spacial score (nSPS) is 11.3. The molecule has 13 rings (SSSR count). The Bertz CT molecular complexity index is 3800. The molecule has 0 N–H and O–H groups in total. The van der Waals surface area contributed by atoms with Crippen LogP contribution in [-0.2, 0) is 0 Å². The van der Waals surface area contributed by atoms with E-state index in [1.54, 1.807) is 0 Å². The molecule has 0 spiro atoms. The topological polar surface area (TPSA) is 43.6 Å². The van der Waals surface area contributed by atoms with E-state index in [-0.39, 0.29) is 0 Å². The largest absolute Gasteiger partial charge is 0.308 e. The lowest BCUT2D eigenvalue weighted by Gasteiger charge is -2.21. The Morgan fingerprint density at radius 2 is 0.466 bits per heavy atom. The first-order chi connectivity index (χ1) is 36.2. The van der Waals surface area contributed by atoms with Crippen molar-refractivity contribution < 1.29 is 0 Å². The van der Waals surface area contributed by atoms with Crippen LogP contribution in [0, 0.1) is 0 Å². The first-order valence-electron chi connectivity index (χ1n) is 24.8. The van der Waals surface area contributed by atoms with Gasteiger partial charge < -0.3 is 4.57 Å². The van der Waals surface area contributed by atoms with Crippen LogP contribution in [0.3, 0.4) is 0 Å². The van der Waals surface area contributed by atoms with E-state index in [2.05, 4.69) is 247 Å². The SMILES string of the molecule is c1ccc(-c2ccc(-c3cc(-c4nc(-c5ccccc5)nc(-c5ccccc5)n4)cc(-c4ccc(-c5ccccc5)cc4)c3-n3c4ccc(-c5ccccc5)cc4c4cc(-c5ccccc5)ccc43)cc2)cc1. The molecule has 0 amide bonds. The maximum Gasteiger partial charge on any atom is 0.164 e. The maximum atomic E-state index is 5.32. The summed E-state index contributed by atoms with van der Waals surface area (Å²) in [5.41, 5.74) is 19.5. The van der Waals surface area contributed by atoms with E-state index >= 15 is 0 Å². The van der Waals surface area contributed by atoms with E-state index in [1.807, 2.05) is 36.4 Å². The summed E-state index contributed by atoms with van der Waals surface area (Å²) in [6, 6.07) is 99.4. The molecule has 342 valence electrons. The van der Waals surface area contributed by atoms with Crippen LogP contribution < -0.4 is 0 Å². The molecule has 0 saturated heterocycles. The summed E-state index contributed by atoms with van der Waals surface area (Å²) in [5, 5.41) is 2.35. The molecule has 0 bridgehead atoms. The molecule has 0 unspecified atom stereocenters. The molecule has 2 aromatic heterocycles. The first-order valence-corrected chi connectivity index (χ1v) is 24.8. The standard InChI is InChI=1S/C69H46N4/c1-7-19-47(20-8-1)51-31-35-53(36-32-51)60-45-59(69-71-67(55-27-15-5-16-28-55)70-68(72-69)56-29-17-6-18-30-56)46-61(54-37-33-52(34-38-54)48-21-9-2-10-22-48)66(60)73-64-41-39-57(49-23-11-3-12-24-49)43-62(64)63-44-58(40-42-65(63)73)50-25-13-4-14-26-50/h1-46H. The van der Waals surface area contributed by atoms with Gasteiger partial charge in [0.1, 0.15) is 0 Å². The third-order valence-corrected chi connectivity index (χ3v) is 13.9. The van der Waals surface area contributed by atoms with E-state index in [4.69, 9.17) is 15.0 Å². The molecule has 0 atom stereocenters. The van der Waals surface area contributed by atoms with Crippen molar-refractivity contribution >= 4 is 21.8 Å². The third kappa shape index (κ3) is 8.37. The zero-order chi connectivity index (χ0) is 48.5. The zero-order valence-corrected chi connectivity index (χ0v) is 39.8. The van der Waals surface area contributed by atoms with Gasteiger partial charge in [-0.1, -0.05) is 243 Å². The number of fused-ring (bicyclic) bond motifs is 3. The maximum absolute atomic E-state index is 5.32. The molecule has 0 fully saturated rings. The van der Waals surface area contributed by atoms with Gasteiger partial charge in [-0.3, -0.25) is 0 Å². The monoisotopic (exact) mass is 930 g/mol. The van der Waals surface area contributed by atoms with Crippen molar-refractivity contribution in [3.05, 3.63) is 279 Å². The van der Waals surface area contributed by atoms with Crippen LogP contribution >= 0.6 is 0 Å². The van der Waals surface area contributed by atoms with Crippen molar-refractivity contribution in [2.24, 2.45) is 0 Å². The molecule has 0 aliphatic heterocycles.